The fourth-order valence-corrected chi connectivity index (χ4v) is 1.53. The van der Waals surface area contributed by atoms with Crippen molar-refractivity contribution >= 4 is 17.2 Å². The van der Waals surface area contributed by atoms with E-state index in [1.807, 2.05) is 0 Å². The van der Waals surface area contributed by atoms with Gasteiger partial charge in [0.05, 0.1) is 15.5 Å². The van der Waals surface area contributed by atoms with Crippen LogP contribution in [-0.2, 0) is 0 Å². The summed E-state index contributed by atoms with van der Waals surface area (Å²) in [7, 11) is 0. The molecule has 2 aromatic heterocycles. The molecule has 0 saturated carbocycles. The van der Waals surface area contributed by atoms with Crippen LogP contribution in [0.2, 0.25) is 0 Å². The minimum atomic E-state index is -0.536. The third-order valence-electron chi connectivity index (χ3n) is 2.56. The second-order valence-corrected chi connectivity index (χ2v) is 4.19. The highest BCUT2D eigenvalue weighted by atomic mass is 16.6. The molecule has 2 heterocycles. The summed E-state index contributed by atoms with van der Waals surface area (Å²) in [5.74, 6) is 0.299. The highest BCUT2D eigenvalue weighted by molar-refractivity contribution is 5.41. The summed E-state index contributed by atoms with van der Waals surface area (Å²) in [4.78, 5) is 36.1. The largest absolute Gasteiger partial charge is 0.384 e. The lowest BCUT2D eigenvalue weighted by Crippen LogP contribution is -2.06. The first-order chi connectivity index (χ1) is 10.2. The first-order valence-electron chi connectivity index (χ1n) is 5.94. The van der Waals surface area contributed by atoms with Gasteiger partial charge in [0.1, 0.15) is 11.5 Å². The van der Waals surface area contributed by atoms with Crippen LogP contribution in [0.3, 0.4) is 0 Å². The SMILES string of the molecule is Cc1[nH]c(=O)ccc1[N+](=O)[O-].Cc1nc(N)ccc1[N+](=O)[O-]. The first-order valence-corrected chi connectivity index (χ1v) is 5.94. The summed E-state index contributed by atoms with van der Waals surface area (Å²) in [5, 5.41) is 20.5. The molecule has 0 unspecified atom stereocenters. The predicted molar refractivity (Wildman–Crippen MR) is 78.5 cm³/mol. The van der Waals surface area contributed by atoms with E-state index in [2.05, 4.69) is 9.97 Å². The Morgan fingerprint density at radius 2 is 1.59 bits per heavy atom. The predicted octanol–water partition coefficient (Wildman–Crippen LogP) is 1.47. The van der Waals surface area contributed by atoms with E-state index in [4.69, 9.17) is 5.73 Å². The Bertz CT molecular complexity index is 771. The molecule has 2 rings (SSSR count). The standard InChI is InChI=1S/C6H7N3O2.C6H6N2O3/c1-4-5(9(10)11)2-3-6(7)8-4;1-4-5(8(10)11)2-3-6(9)7-4/h2-3H,1H3,(H2,7,8);2-3H,1H3,(H,7,9). The maximum absolute atomic E-state index is 10.6. The van der Waals surface area contributed by atoms with E-state index in [-0.39, 0.29) is 22.6 Å². The van der Waals surface area contributed by atoms with Gasteiger partial charge in [-0.3, -0.25) is 25.0 Å². The van der Waals surface area contributed by atoms with E-state index in [9.17, 15) is 25.0 Å². The Kier molecular flexibility index (Phi) is 5.27. The normalized spacial score (nSPS) is 9.55. The van der Waals surface area contributed by atoms with Crippen LogP contribution in [0.4, 0.5) is 17.2 Å². The monoisotopic (exact) mass is 307 g/mol. The van der Waals surface area contributed by atoms with Gasteiger partial charge < -0.3 is 10.7 Å². The van der Waals surface area contributed by atoms with Crippen molar-refractivity contribution in [3.8, 4) is 0 Å². The van der Waals surface area contributed by atoms with Gasteiger partial charge in [0.15, 0.2) is 0 Å². The Labute approximate surface area is 123 Å². The van der Waals surface area contributed by atoms with Crippen molar-refractivity contribution in [3.05, 3.63) is 66.2 Å². The van der Waals surface area contributed by atoms with Gasteiger partial charge in [0.2, 0.25) is 5.56 Å². The van der Waals surface area contributed by atoms with Crippen LogP contribution in [0.15, 0.2) is 29.1 Å². The number of nitrogens with one attached hydrogen (secondary N) is 1. The Morgan fingerprint density at radius 3 is 2.05 bits per heavy atom. The van der Waals surface area contributed by atoms with E-state index in [1.165, 1.54) is 25.1 Å². The number of nitrogens with two attached hydrogens (primary N) is 1. The molecule has 0 atom stereocenters. The molecule has 116 valence electrons. The van der Waals surface area contributed by atoms with Gasteiger partial charge in [-0.05, 0) is 19.9 Å². The fraction of sp³-hybridized carbons (Fsp3) is 0.167. The first kappa shape index (κ1) is 16.8. The van der Waals surface area contributed by atoms with Gasteiger partial charge in [0.25, 0.3) is 11.4 Å². The van der Waals surface area contributed by atoms with Crippen molar-refractivity contribution in [2.75, 3.05) is 5.73 Å². The van der Waals surface area contributed by atoms with Crippen LogP contribution in [0.25, 0.3) is 0 Å². The van der Waals surface area contributed by atoms with Crippen LogP contribution in [0.5, 0.6) is 0 Å². The lowest BCUT2D eigenvalue weighted by atomic mass is 10.3. The third-order valence-corrected chi connectivity index (χ3v) is 2.56. The number of nitrogens with zero attached hydrogens (tertiary/aromatic N) is 3. The van der Waals surface area contributed by atoms with E-state index in [0.717, 1.165) is 6.07 Å². The fourth-order valence-electron chi connectivity index (χ4n) is 1.53. The van der Waals surface area contributed by atoms with Gasteiger partial charge >= 0.3 is 0 Å². The zero-order chi connectivity index (χ0) is 16.9. The van der Waals surface area contributed by atoms with Gasteiger partial charge in [0, 0.05) is 18.2 Å². The molecule has 2 aromatic rings. The molecule has 0 fully saturated rings. The second kappa shape index (κ2) is 6.92. The van der Waals surface area contributed by atoms with Crippen LogP contribution < -0.4 is 11.3 Å². The number of H-pyrrole nitrogens is 1. The van der Waals surface area contributed by atoms with E-state index >= 15 is 0 Å². The number of hydrogen-bond acceptors (Lipinski definition) is 7. The second-order valence-electron chi connectivity index (χ2n) is 4.19. The van der Waals surface area contributed by atoms with Gasteiger partial charge in [-0.15, -0.1) is 0 Å². The van der Waals surface area contributed by atoms with E-state index in [1.54, 1.807) is 6.92 Å². The molecule has 0 radical (unpaired) electrons. The smallest absolute Gasteiger partial charge is 0.290 e. The Hall–Kier alpha value is -3.30. The van der Waals surface area contributed by atoms with E-state index in [0.29, 0.717) is 11.5 Å². The van der Waals surface area contributed by atoms with Gasteiger partial charge in [-0.2, -0.15) is 0 Å². The number of aromatic amines is 1. The number of anilines is 1. The molecule has 0 bridgehead atoms. The van der Waals surface area contributed by atoms with Crippen molar-refractivity contribution in [1.29, 1.82) is 0 Å². The molecule has 0 amide bonds. The van der Waals surface area contributed by atoms with Crippen LogP contribution in [-0.4, -0.2) is 19.8 Å². The average Bonchev–Trinajstić information content (AvgIpc) is 2.38. The molecule has 10 nitrogen and oxygen atoms in total. The maximum Gasteiger partial charge on any atom is 0.290 e. The summed E-state index contributed by atoms with van der Waals surface area (Å²) < 4.78 is 0. The summed E-state index contributed by atoms with van der Waals surface area (Å²) in [6.07, 6.45) is 0. The molecule has 3 N–H and O–H groups in total. The number of aromatic nitrogens is 2. The number of pyridine rings is 2. The zero-order valence-electron chi connectivity index (χ0n) is 11.8. The van der Waals surface area contributed by atoms with Gasteiger partial charge in [-0.25, -0.2) is 4.98 Å². The zero-order valence-corrected chi connectivity index (χ0v) is 11.8. The Morgan fingerprint density at radius 1 is 1.05 bits per heavy atom. The molecule has 0 saturated heterocycles. The molecule has 0 spiro atoms. The van der Waals surface area contributed by atoms with Gasteiger partial charge in [-0.1, -0.05) is 0 Å². The molecule has 0 aliphatic carbocycles. The van der Waals surface area contributed by atoms with E-state index < -0.39 is 9.85 Å². The van der Waals surface area contributed by atoms with Crippen molar-refractivity contribution < 1.29 is 9.85 Å². The number of rotatable bonds is 2. The third kappa shape index (κ3) is 4.37. The number of aryl methyl sites for hydroxylation is 2. The molecule has 22 heavy (non-hydrogen) atoms. The summed E-state index contributed by atoms with van der Waals surface area (Å²) in [6, 6.07) is 5.07. The maximum atomic E-state index is 10.6. The molecule has 0 aliphatic rings. The topological polar surface area (TPSA) is 158 Å². The summed E-state index contributed by atoms with van der Waals surface area (Å²) in [6.45, 7) is 3.04. The molecule has 10 heteroatoms. The molecular formula is C12H13N5O5. The number of nitrogen functional groups attached to an aromatic ring is 1. The average molecular weight is 307 g/mol. The Balaban J connectivity index is 0.000000220. The van der Waals surface area contributed by atoms with Crippen LogP contribution in [0, 0.1) is 34.1 Å². The quantitative estimate of drug-likeness (QED) is 0.627. The van der Waals surface area contributed by atoms with Crippen LogP contribution >= 0.6 is 0 Å². The number of nitro groups is 2. The molecule has 0 aromatic carbocycles. The highest BCUT2D eigenvalue weighted by Gasteiger charge is 2.10. The number of hydrogen-bond donors (Lipinski definition) is 2. The summed E-state index contributed by atoms with van der Waals surface area (Å²) in [5.41, 5.74) is 5.52. The lowest BCUT2D eigenvalue weighted by Gasteiger charge is -1.95. The van der Waals surface area contributed by atoms with Crippen molar-refractivity contribution in [3.63, 3.8) is 0 Å². The van der Waals surface area contributed by atoms with Crippen LogP contribution in [0.1, 0.15) is 11.4 Å². The molecular weight excluding hydrogens is 294 g/mol. The van der Waals surface area contributed by atoms with Crippen molar-refractivity contribution in [2.45, 2.75) is 13.8 Å². The van der Waals surface area contributed by atoms with Crippen molar-refractivity contribution in [1.82, 2.24) is 9.97 Å². The summed E-state index contributed by atoms with van der Waals surface area (Å²) >= 11 is 0. The lowest BCUT2D eigenvalue weighted by molar-refractivity contribution is -0.385. The minimum absolute atomic E-state index is 0.000741. The highest BCUT2D eigenvalue weighted by Crippen LogP contribution is 2.15. The minimum Gasteiger partial charge on any atom is -0.384 e. The van der Waals surface area contributed by atoms with Crippen molar-refractivity contribution in [2.24, 2.45) is 0 Å². The molecule has 0 aliphatic heterocycles.